The summed E-state index contributed by atoms with van der Waals surface area (Å²) in [6.07, 6.45) is 4.08. The van der Waals surface area contributed by atoms with E-state index in [1.54, 1.807) is 30.9 Å². The van der Waals surface area contributed by atoms with Gasteiger partial charge in [0.25, 0.3) is 0 Å². The molecule has 0 aliphatic heterocycles. The molecular formula is C16H22FIN4S. The number of thioether (sulfide) groups is 1. The Kier molecular flexibility index (Phi) is 9.77. The van der Waals surface area contributed by atoms with Crippen LogP contribution in [0.1, 0.15) is 0 Å². The minimum absolute atomic E-state index is 0. The first-order valence-electron chi connectivity index (χ1n) is 7.21. The van der Waals surface area contributed by atoms with E-state index < -0.39 is 0 Å². The molecule has 0 radical (unpaired) electrons. The topological polar surface area (TPSA) is 41.4 Å². The van der Waals surface area contributed by atoms with E-state index >= 15 is 0 Å². The van der Waals surface area contributed by atoms with Crippen LogP contribution >= 0.6 is 35.7 Å². The van der Waals surface area contributed by atoms with Crippen LogP contribution in [0.3, 0.4) is 0 Å². The number of aromatic nitrogens is 1. The van der Waals surface area contributed by atoms with Gasteiger partial charge in [0.15, 0.2) is 5.96 Å². The molecule has 0 saturated heterocycles. The fourth-order valence-electron chi connectivity index (χ4n) is 1.91. The smallest absolute Gasteiger partial charge is 0.191 e. The SMILES string of the molecule is CN=C(NCCSc1ccc(F)cc1)NCCn1cccc1.I. The van der Waals surface area contributed by atoms with Crippen molar-refractivity contribution in [1.29, 1.82) is 0 Å². The molecule has 0 atom stereocenters. The van der Waals surface area contributed by atoms with Gasteiger partial charge in [-0.05, 0) is 36.4 Å². The van der Waals surface area contributed by atoms with Gasteiger partial charge in [-0.1, -0.05) is 0 Å². The zero-order valence-corrected chi connectivity index (χ0v) is 16.2. The first-order chi connectivity index (χ1) is 10.8. The summed E-state index contributed by atoms with van der Waals surface area (Å²) in [6.45, 7) is 2.52. The minimum Gasteiger partial charge on any atom is -0.356 e. The number of guanidine groups is 1. The molecule has 0 aliphatic carbocycles. The highest BCUT2D eigenvalue weighted by atomic mass is 127. The lowest BCUT2D eigenvalue weighted by molar-refractivity contribution is 0.626. The van der Waals surface area contributed by atoms with E-state index in [0.29, 0.717) is 0 Å². The predicted molar refractivity (Wildman–Crippen MR) is 106 cm³/mol. The summed E-state index contributed by atoms with van der Waals surface area (Å²) >= 11 is 1.69. The molecule has 0 unspecified atom stereocenters. The van der Waals surface area contributed by atoms with Crippen molar-refractivity contribution in [1.82, 2.24) is 15.2 Å². The Balaban J connectivity index is 0.00000264. The molecule has 1 aromatic heterocycles. The Bertz CT molecular complexity index is 572. The van der Waals surface area contributed by atoms with E-state index in [1.807, 2.05) is 24.5 Å². The van der Waals surface area contributed by atoms with Crippen LogP contribution in [0.5, 0.6) is 0 Å². The summed E-state index contributed by atoms with van der Waals surface area (Å²) in [5.74, 6) is 1.49. The quantitative estimate of drug-likeness (QED) is 0.225. The molecule has 0 spiro atoms. The van der Waals surface area contributed by atoms with Crippen molar-refractivity contribution in [2.24, 2.45) is 4.99 Å². The van der Waals surface area contributed by atoms with Gasteiger partial charge in [0.2, 0.25) is 0 Å². The van der Waals surface area contributed by atoms with Gasteiger partial charge in [0.1, 0.15) is 5.82 Å². The average molecular weight is 448 g/mol. The Labute approximate surface area is 158 Å². The second-order valence-electron chi connectivity index (χ2n) is 4.65. The molecule has 0 fully saturated rings. The first kappa shape index (κ1) is 19.8. The molecule has 0 aliphatic rings. The normalized spacial score (nSPS) is 11.0. The van der Waals surface area contributed by atoms with Crippen molar-refractivity contribution in [2.75, 3.05) is 25.9 Å². The molecule has 2 rings (SSSR count). The summed E-state index contributed by atoms with van der Waals surface area (Å²) < 4.78 is 14.9. The summed E-state index contributed by atoms with van der Waals surface area (Å²) in [7, 11) is 1.76. The van der Waals surface area contributed by atoms with E-state index in [-0.39, 0.29) is 29.8 Å². The Morgan fingerprint density at radius 2 is 1.78 bits per heavy atom. The monoisotopic (exact) mass is 448 g/mol. The lowest BCUT2D eigenvalue weighted by atomic mass is 10.4. The Hall–Kier alpha value is -1.22. The van der Waals surface area contributed by atoms with Gasteiger partial charge in [0, 0.05) is 49.7 Å². The van der Waals surface area contributed by atoms with Crippen molar-refractivity contribution in [3.8, 4) is 0 Å². The molecule has 23 heavy (non-hydrogen) atoms. The molecule has 0 saturated carbocycles. The van der Waals surface area contributed by atoms with Crippen LogP contribution in [0, 0.1) is 5.82 Å². The zero-order valence-electron chi connectivity index (χ0n) is 13.0. The van der Waals surface area contributed by atoms with Crippen molar-refractivity contribution in [3.63, 3.8) is 0 Å². The molecule has 0 amide bonds. The van der Waals surface area contributed by atoms with Crippen LogP contribution < -0.4 is 10.6 Å². The minimum atomic E-state index is -0.199. The number of hydrogen-bond donors (Lipinski definition) is 2. The van der Waals surface area contributed by atoms with Gasteiger partial charge in [-0.2, -0.15) is 0 Å². The van der Waals surface area contributed by atoms with Gasteiger partial charge in [-0.3, -0.25) is 4.99 Å². The maximum atomic E-state index is 12.8. The number of benzene rings is 1. The summed E-state index contributed by atoms with van der Waals surface area (Å²) in [5, 5.41) is 6.54. The van der Waals surface area contributed by atoms with Crippen LogP contribution in [0.15, 0.2) is 58.7 Å². The summed E-state index contributed by atoms with van der Waals surface area (Å²) in [6, 6.07) is 10.6. The maximum absolute atomic E-state index is 12.8. The molecule has 126 valence electrons. The molecule has 2 aromatic rings. The molecule has 7 heteroatoms. The lowest BCUT2D eigenvalue weighted by Gasteiger charge is -2.12. The highest BCUT2D eigenvalue weighted by molar-refractivity contribution is 14.0. The molecule has 2 N–H and O–H groups in total. The van der Waals surface area contributed by atoms with Gasteiger partial charge in [-0.25, -0.2) is 4.39 Å². The lowest BCUT2D eigenvalue weighted by Crippen LogP contribution is -2.39. The van der Waals surface area contributed by atoms with Gasteiger partial charge in [-0.15, -0.1) is 35.7 Å². The standard InChI is InChI=1S/C16H21FN4S.HI/c1-18-16(19-8-12-21-10-2-3-11-21)20-9-13-22-15-6-4-14(17)5-7-15;/h2-7,10-11H,8-9,12-13H2,1H3,(H2,18,19,20);1H. The van der Waals surface area contributed by atoms with Crippen molar-refractivity contribution in [3.05, 3.63) is 54.6 Å². The number of rotatable bonds is 7. The van der Waals surface area contributed by atoms with E-state index in [0.717, 1.165) is 36.2 Å². The van der Waals surface area contributed by atoms with E-state index in [9.17, 15) is 4.39 Å². The van der Waals surface area contributed by atoms with Crippen LogP contribution in [-0.4, -0.2) is 36.4 Å². The first-order valence-corrected chi connectivity index (χ1v) is 8.20. The van der Waals surface area contributed by atoms with Crippen LogP contribution in [0.2, 0.25) is 0 Å². The number of hydrogen-bond acceptors (Lipinski definition) is 2. The largest absolute Gasteiger partial charge is 0.356 e. The molecule has 1 heterocycles. The van der Waals surface area contributed by atoms with Crippen molar-refractivity contribution < 1.29 is 4.39 Å². The average Bonchev–Trinajstić information content (AvgIpc) is 3.04. The molecular weight excluding hydrogens is 426 g/mol. The third-order valence-corrected chi connectivity index (χ3v) is 4.04. The van der Waals surface area contributed by atoms with E-state index in [1.165, 1.54) is 12.1 Å². The van der Waals surface area contributed by atoms with Crippen molar-refractivity contribution >= 4 is 41.7 Å². The van der Waals surface area contributed by atoms with E-state index in [4.69, 9.17) is 0 Å². The fourth-order valence-corrected chi connectivity index (χ4v) is 2.68. The number of nitrogens with one attached hydrogen (secondary N) is 2. The van der Waals surface area contributed by atoms with Crippen LogP contribution in [0.25, 0.3) is 0 Å². The number of halogens is 2. The second-order valence-corrected chi connectivity index (χ2v) is 5.82. The van der Waals surface area contributed by atoms with E-state index in [2.05, 4.69) is 20.2 Å². The van der Waals surface area contributed by atoms with Gasteiger partial charge < -0.3 is 15.2 Å². The van der Waals surface area contributed by atoms with Crippen LogP contribution in [0.4, 0.5) is 4.39 Å². The predicted octanol–water partition coefficient (Wildman–Crippen LogP) is 3.20. The molecule has 4 nitrogen and oxygen atoms in total. The van der Waals surface area contributed by atoms with Crippen molar-refractivity contribution in [2.45, 2.75) is 11.4 Å². The maximum Gasteiger partial charge on any atom is 0.191 e. The fraction of sp³-hybridized carbons (Fsp3) is 0.312. The Morgan fingerprint density at radius 1 is 1.13 bits per heavy atom. The molecule has 1 aromatic carbocycles. The third-order valence-electron chi connectivity index (χ3n) is 3.03. The Morgan fingerprint density at radius 3 is 2.43 bits per heavy atom. The number of aliphatic imine (C=N–C) groups is 1. The zero-order chi connectivity index (χ0) is 15.6. The number of nitrogens with zero attached hydrogens (tertiary/aromatic N) is 2. The summed E-state index contributed by atoms with van der Waals surface area (Å²) in [4.78, 5) is 5.26. The summed E-state index contributed by atoms with van der Waals surface area (Å²) in [5.41, 5.74) is 0. The highest BCUT2D eigenvalue weighted by Crippen LogP contribution is 2.17. The second kappa shape index (κ2) is 11.3. The third kappa shape index (κ3) is 7.74. The van der Waals surface area contributed by atoms with Gasteiger partial charge in [0.05, 0.1) is 0 Å². The van der Waals surface area contributed by atoms with Gasteiger partial charge >= 0.3 is 0 Å². The van der Waals surface area contributed by atoms with Crippen LogP contribution in [-0.2, 0) is 6.54 Å². The highest BCUT2D eigenvalue weighted by Gasteiger charge is 1.98. The molecule has 0 bridgehead atoms.